The Hall–Kier alpha value is -2.48. The number of nitrogens with zero attached hydrogens (tertiary/aromatic N) is 4. The number of rotatable bonds is 4. The molecule has 156 valence electrons. The average molecular weight is 402 g/mol. The van der Waals surface area contributed by atoms with Crippen LogP contribution in [0.4, 0.5) is 14.9 Å². The highest BCUT2D eigenvalue weighted by atomic mass is 19.1. The van der Waals surface area contributed by atoms with Crippen LogP contribution in [0.5, 0.6) is 0 Å². The fourth-order valence-electron chi connectivity index (χ4n) is 4.62. The second-order valence-electron chi connectivity index (χ2n) is 8.24. The Morgan fingerprint density at radius 2 is 1.59 bits per heavy atom. The number of carbonyl (C=O) groups excluding carboxylic acids is 3. The maximum atomic E-state index is 13.1. The quantitative estimate of drug-likeness (QED) is 0.571. The van der Waals surface area contributed by atoms with Crippen LogP contribution in [0.2, 0.25) is 0 Å². The van der Waals surface area contributed by atoms with E-state index in [-0.39, 0.29) is 24.4 Å². The molecule has 0 unspecified atom stereocenters. The predicted molar refractivity (Wildman–Crippen MR) is 106 cm³/mol. The smallest absolute Gasteiger partial charge is 0.335 e. The molecule has 4 amide bonds. The van der Waals surface area contributed by atoms with Gasteiger partial charge in [0.05, 0.1) is 6.67 Å². The summed E-state index contributed by atoms with van der Waals surface area (Å²) in [5.74, 6) is -1.43. The molecule has 0 N–H and O–H groups in total. The zero-order valence-electron chi connectivity index (χ0n) is 16.7. The average Bonchev–Trinajstić information content (AvgIpc) is 2.93. The van der Waals surface area contributed by atoms with Crippen molar-refractivity contribution in [1.82, 2.24) is 14.7 Å². The highest BCUT2D eigenvalue weighted by molar-refractivity contribution is 6.44. The van der Waals surface area contributed by atoms with Crippen LogP contribution in [0.3, 0.4) is 0 Å². The number of hydrogen-bond acceptors (Lipinski definition) is 5. The van der Waals surface area contributed by atoms with Gasteiger partial charge in [0.25, 0.3) is 0 Å². The molecule has 2 aliphatic heterocycles. The lowest BCUT2D eigenvalue weighted by Crippen LogP contribution is -2.52. The number of urea groups is 1. The molecule has 1 saturated carbocycles. The third-order valence-corrected chi connectivity index (χ3v) is 6.39. The van der Waals surface area contributed by atoms with Gasteiger partial charge in [0.1, 0.15) is 5.82 Å². The second-order valence-corrected chi connectivity index (χ2v) is 8.24. The SMILES string of the molecule is C[C@H]1CCCC[C@@H]1N1C(=O)C(=O)N(CN2CCN(c3ccc(F)cc3)CC2)C1=O. The maximum Gasteiger partial charge on any atom is 0.335 e. The van der Waals surface area contributed by atoms with E-state index in [1.54, 1.807) is 12.1 Å². The van der Waals surface area contributed by atoms with Gasteiger partial charge in [0.15, 0.2) is 0 Å². The Kier molecular flexibility index (Phi) is 5.54. The van der Waals surface area contributed by atoms with Crippen LogP contribution in [-0.2, 0) is 9.59 Å². The van der Waals surface area contributed by atoms with Crippen LogP contribution >= 0.6 is 0 Å². The van der Waals surface area contributed by atoms with E-state index in [0.717, 1.165) is 36.3 Å². The molecule has 3 fully saturated rings. The van der Waals surface area contributed by atoms with Crippen molar-refractivity contribution in [3.63, 3.8) is 0 Å². The van der Waals surface area contributed by atoms with E-state index in [4.69, 9.17) is 0 Å². The second kappa shape index (κ2) is 8.10. The normalized spacial score (nSPS) is 26.6. The van der Waals surface area contributed by atoms with Crippen molar-refractivity contribution in [3.8, 4) is 0 Å². The number of carbonyl (C=O) groups is 3. The van der Waals surface area contributed by atoms with Crippen LogP contribution in [-0.4, -0.2) is 71.4 Å². The minimum Gasteiger partial charge on any atom is -0.369 e. The van der Waals surface area contributed by atoms with Crippen molar-refractivity contribution in [1.29, 1.82) is 0 Å². The molecule has 2 saturated heterocycles. The Labute approximate surface area is 170 Å². The van der Waals surface area contributed by atoms with E-state index in [2.05, 4.69) is 4.90 Å². The lowest BCUT2D eigenvalue weighted by atomic mass is 9.85. The first kappa shape index (κ1) is 19.8. The van der Waals surface area contributed by atoms with Crippen molar-refractivity contribution in [2.75, 3.05) is 37.7 Å². The van der Waals surface area contributed by atoms with Gasteiger partial charge in [-0.2, -0.15) is 0 Å². The summed E-state index contributed by atoms with van der Waals surface area (Å²) < 4.78 is 13.1. The van der Waals surface area contributed by atoms with Gasteiger partial charge in [-0.15, -0.1) is 0 Å². The highest BCUT2D eigenvalue weighted by Gasteiger charge is 2.49. The summed E-state index contributed by atoms with van der Waals surface area (Å²) in [5, 5.41) is 0. The van der Waals surface area contributed by atoms with Crippen LogP contribution in [0, 0.1) is 11.7 Å². The Morgan fingerprint density at radius 1 is 0.931 bits per heavy atom. The largest absolute Gasteiger partial charge is 0.369 e. The lowest BCUT2D eigenvalue weighted by molar-refractivity contribution is -0.145. The number of benzene rings is 1. The number of piperazine rings is 1. The van der Waals surface area contributed by atoms with Gasteiger partial charge in [0.2, 0.25) is 0 Å². The fraction of sp³-hybridized carbons (Fsp3) is 0.571. The molecule has 8 heteroatoms. The Balaban J connectivity index is 1.37. The Bertz CT molecular complexity index is 792. The molecule has 4 rings (SSSR count). The summed E-state index contributed by atoms with van der Waals surface area (Å²) in [4.78, 5) is 44.4. The first-order valence-electron chi connectivity index (χ1n) is 10.4. The van der Waals surface area contributed by atoms with Crippen LogP contribution in [0.1, 0.15) is 32.6 Å². The third kappa shape index (κ3) is 3.85. The summed E-state index contributed by atoms with van der Waals surface area (Å²) >= 11 is 0. The first-order valence-corrected chi connectivity index (χ1v) is 10.4. The number of imide groups is 2. The van der Waals surface area contributed by atoms with E-state index in [0.29, 0.717) is 26.2 Å². The number of hydrogen-bond donors (Lipinski definition) is 0. The van der Waals surface area contributed by atoms with Crippen molar-refractivity contribution >= 4 is 23.5 Å². The number of anilines is 1. The van der Waals surface area contributed by atoms with E-state index in [1.165, 1.54) is 17.0 Å². The van der Waals surface area contributed by atoms with E-state index >= 15 is 0 Å². The third-order valence-electron chi connectivity index (χ3n) is 6.39. The fourth-order valence-corrected chi connectivity index (χ4v) is 4.62. The van der Waals surface area contributed by atoms with Crippen molar-refractivity contribution in [3.05, 3.63) is 30.1 Å². The molecular weight excluding hydrogens is 375 g/mol. The van der Waals surface area contributed by atoms with Gasteiger partial charge in [-0.05, 0) is 43.0 Å². The standard InChI is InChI=1S/C21H27FN4O3/c1-15-4-2-3-5-18(15)26-20(28)19(27)25(21(26)29)14-23-10-12-24(13-11-23)17-8-6-16(22)7-9-17/h6-9,15,18H,2-5,10-14H2,1H3/t15-,18-/m0/s1. The molecule has 0 bridgehead atoms. The molecular formula is C21H27FN4O3. The minimum absolute atomic E-state index is 0.137. The summed E-state index contributed by atoms with van der Waals surface area (Å²) in [5.41, 5.74) is 0.951. The molecule has 1 aromatic rings. The molecule has 0 spiro atoms. The molecule has 29 heavy (non-hydrogen) atoms. The van der Waals surface area contributed by atoms with E-state index in [9.17, 15) is 18.8 Å². The Morgan fingerprint density at radius 3 is 2.24 bits per heavy atom. The highest BCUT2D eigenvalue weighted by Crippen LogP contribution is 2.31. The molecule has 1 aromatic carbocycles. The van der Waals surface area contributed by atoms with Gasteiger partial charge in [0, 0.05) is 37.9 Å². The molecule has 2 heterocycles. The summed E-state index contributed by atoms with van der Waals surface area (Å²) in [7, 11) is 0. The molecule has 0 radical (unpaired) electrons. The zero-order chi connectivity index (χ0) is 20.5. The molecule has 0 aromatic heterocycles. The minimum atomic E-state index is -0.714. The predicted octanol–water partition coefficient (Wildman–Crippen LogP) is 2.27. The van der Waals surface area contributed by atoms with Gasteiger partial charge >= 0.3 is 17.8 Å². The molecule has 1 aliphatic carbocycles. The monoisotopic (exact) mass is 402 g/mol. The topological polar surface area (TPSA) is 64.2 Å². The van der Waals surface area contributed by atoms with Crippen LogP contribution in [0.25, 0.3) is 0 Å². The van der Waals surface area contributed by atoms with Gasteiger partial charge in [-0.25, -0.2) is 14.1 Å². The zero-order valence-corrected chi connectivity index (χ0v) is 16.7. The first-order chi connectivity index (χ1) is 14.0. The maximum absolute atomic E-state index is 13.1. The molecule has 7 nitrogen and oxygen atoms in total. The number of halogens is 1. The van der Waals surface area contributed by atoms with Gasteiger partial charge in [-0.1, -0.05) is 19.8 Å². The van der Waals surface area contributed by atoms with Crippen molar-refractivity contribution in [2.24, 2.45) is 5.92 Å². The van der Waals surface area contributed by atoms with E-state index < -0.39 is 17.8 Å². The lowest BCUT2D eigenvalue weighted by Gasteiger charge is -2.37. The molecule has 3 aliphatic rings. The van der Waals surface area contributed by atoms with Gasteiger partial charge in [-0.3, -0.25) is 19.4 Å². The van der Waals surface area contributed by atoms with Crippen LogP contribution < -0.4 is 4.90 Å². The van der Waals surface area contributed by atoms with Crippen molar-refractivity contribution in [2.45, 2.75) is 38.6 Å². The van der Waals surface area contributed by atoms with Gasteiger partial charge < -0.3 is 4.90 Å². The summed E-state index contributed by atoms with van der Waals surface area (Å²) in [6.07, 6.45) is 3.83. The van der Waals surface area contributed by atoms with Crippen molar-refractivity contribution < 1.29 is 18.8 Å². The van der Waals surface area contributed by atoms with E-state index in [1.807, 2.05) is 11.8 Å². The summed E-state index contributed by atoms with van der Waals surface area (Å²) in [6, 6.07) is 5.74. The summed E-state index contributed by atoms with van der Waals surface area (Å²) in [6.45, 7) is 4.91. The molecule has 2 atom stereocenters. The van der Waals surface area contributed by atoms with Crippen LogP contribution in [0.15, 0.2) is 24.3 Å². The number of amides is 4.